The maximum atomic E-state index is 12.3. The number of carbonyl (C=O) groups is 1. The quantitative estimate of drug-likeness (QED) is 0.782. The molecule has 1 fully saturated rings. The Morgan fingerprint density at radius 1 is 1.17 bits per heavy atom. The van der Waals surface area contributed by atoms with E-state index >= 15 is 0 Å². The van der Waals surface area contributed by atoms with Gasteiger partial charge in [-0.1, -0.05) is 29.3 Å². The molecule has 0 aliphatic carbocycles. The Bertz CT molecular complexity index is 510. The van der Waals surface area contributed by atoms with Crippen molar-refractivity contribution in [3.8, 4) is 0 Å². The van der Waals surface area contributed by atoms with Gasteiger partial charge in [-0.3, -0.25) is 4.79 Å². The molecule has 1 aliphatic heterocycles. The molecule has 128 valence electrons. The number of hydrogen-bond donors (Lipinski definition) is 0. The van der Waals surface area contributed by atoms with Crippen LogP contribution in [0.25, 0.3) is 0 Å². The lowest BCUT2D eigenvalue weighted by molar-refractivity contribution is -0.129. The van der Waals surface area contributed by atoms with E-state index in [9.17, 15) is 4.79 Å². The Labute approximate surface area is 148 Å². The fraction of sp³-hybridized carbons (Fsp3) is 0.588. The van der Waals surface area contributed by atoms with Crippen LogP contribution in [0.4, 0.5) is 0 Å². The summed E-state index contributed by atoms with van der Waals surface area (Å²) < 4.78 is 0. The summed E-state index contributed by atoms with van der Waals surface area (Å²) in [7, 11) is 4.00. The average Bonchev–Trinajstić information content (AvgIpc) is 2.52. The summed E-state index contributed by atoms with van der Waals surface area (Å²) in [4.78, 5) is 18.9. The minimum absolute atomic E-state index is 0.0541. The third-order valence-electron chi connectivity index (χ3n) is 4.38. The summed E-state index contributed by atoms with van der Waals surface area (Å²) in [6, 6.07) is 5.32. The molecule has 6 heteroatoms. The minimum Gasteiger partial charge on any atom is -0.345 e. The largest absolute Gasteiger partial charge is 0.345 e. The van der Waals surface area contributed by atoms with E-state index in [0.29, 0.717) is 15.6 Å². The number of hydrogen-bond acceptors (Lipinski definition) is 3. The van der Waals surface area contributed by atoms with Gasteiger partial charge in [0.1, 0.15) is 0 Å². The maximum Gasteiger partial charge on any atom is 0.226 e. The molecule has 0 aromatic heterocycles. The average molecular weight is 358 g/mol. The maximum absolute atomic E-state index is 12.3. The molecule has 2 rings (SSSR count). The van der Waals surface area contributed by atoms with E-state index in [2.05, 4.69) is 16.8 Å². The van der Waals surface area contributed by atoms with Crippen LogP contribution in [0.15, 0.2) is 18.2 Å². The SMILES string of the molecule is CN1CCN(CCCN(C)C(=O)Cc2c(Cl)cccc2Cl)CC1. The highest BCUT2D eigenvalue weighted by Crippen LogP contribution is 2.25. The molecule has 4 nitrogen and oxygen atoms in total. The van der Waals surface area contributed by atoms with E-state index in [-0.39, 0.29) is 12.3 Å². The summed E-state index contributed by atoms with van der Waals surface area (Å²) in [6.45, 7) is 6.28. The van der Waals surface area contributed by atoms with E-state index in [4.69, 9.17) is 23.2 Å². The van der Waals surface area contributed by atoms with Crippen molar-refractivity contribution < 1.29 is 4.79 Å². The van der Waals surface area contributed by atoms with Crippen molar-refractivity contribution in [2.75, 3.05) is 53.4 Å². The summed E-state index contributed by atoms with van der Waals surface area (Å²) in [6.07, 6.45) is 1.24. The molecule has 1 amide bonds. The van der Waals surface area contributed by atoms with Gasteiger partial charge in [-0.25, -0.2) is 0 Å². The van der Waals surface area contributed by atoms with Crippen molar-refractivity contribution in [3.05, 3.63) is 33.8 Å². The van der Waals surface area contributed by atoms with Gasteiger partial charge in [0, 0.05) is 49.8 Å². The standard InChI is InChI=1S/C17H25Cl2N3O/c1-20-9-11-22(12-10-20)8-4-7-21(2)17(23)13-14-15(18)5-3-6-16(14)19/h3,5-6H,4,7-13H2,1-2H3. The minimum atomic E-state index is 0.0541. The van der Waals surface area contributed by atoms with Gasteiger partial charge in [-0.2, -0.15) is 0 Å². The lowest BCUT2D eigenvalue weighted by Crippen LogP contribution is -2.45. The van der Waals surface area contributed by atoms with Crippen molar-refractivity contribution in [2.24, 2.45) is 0 Å². The molecule has 0 radical (unpaired) electrons. The summed E-state index contributed by atoms with van der Waals surface area (Å²) in [5.41, 5.74) is 0.715. The number of carbonyl (C=O) groups excluding carboxylic acids is 1. The smallest absolute Gasteiger partial charge is 0.226 e. The Morgan fingerprint density at radius 2 is 1.78 bits per heavy atom. The van der Waals surface area contributed by atoms with Crippen LogP contribution in [0.2, 0.25) is 10.0 Å². The Kier molecular flexibility index (Phi) is 7.15. The van der Waals surface area contributed by atoms with Gasteiger partial charge in [0.15, 0.2) is 0 Å². The van der Waals surface area contributed by atoms with Crippen LogP contribution >= 0.6 is 23.2 Å². The molecular weight excluding hydrogens is 333 g/mol. The third-order valence-corrected chi connectivity index (χ3v) is 5.09. The topological polar surface area (TPSA) is 26.8 Å². The monoisotopic (exact) mass is 357 g/mol. The number of halogens is 2. The molecule has 0 bridgehead atoms. The molecule has 0 N–H and O–H groups in total. The molecule has 23 heavy (non-hydrogen) atoms. The first-order chi connectivity index (χ1) is 11.0. The van der Waals surface area contributed by atoms with E-state index in [1.807, 2.05) is 7.05 Å². The number of piperazine rings is 1. The van der Waals surface area contributed by atoms with E-state index < -0.39 is 0 Å². The van der Waals surface area contributed by atoms with Crippen molar-refractivity contribution in [1.82, 2.24) is 14.7 Å². The van der Waals surface area contributed by atoms with Crippen LogP contribution in [0.1, 0.15) is 12.0 Å². The highest BCUT2D eigenvalue weighted by molar-refractivity contribution is 6.36. The highest BCUT2D eigenvalue weighted by Gasteiger charge is 2.16. The fourth-order valence-corrected chi connectivity index (χ4v) is 3.25. The molecule has 1 aromatic carbocycles. The summed E-state index contributed by atoms with van der Waals surface area (Å²) >= 11 is 12.3. The molecule has 1 aliphatic rings. The summed E-state index contributed by atoms with van der Waals surface area (Å²) in [5, 5.41) is 1.10. The second-order valence-corrected chi connectivity index (χ2v) is 7.01. The number of nitrogens with zero attached hydrogens (tertiary/aromatic N) is 3. The summed E-state index contributed by atoms with van der Waals surface area (Å²) in [5.74, 6) is 0.0541. The second kappa shape index (κ2) is 8.88. The molecule has 0 atom stereocenters. The van der Waals surface area contributed by atoms with Gasteiger partial charge < -0.3 is 14.7 Å². The molecule has 1 aromatic rings. The number of benzene rings is 1. The first-order valence-electron chi connectivity index (χ1n) is 8.05. The van der Waals surface area contributed by atoms with Gasteiger partial charge in [-0.15, -0.1) is 0 Å². The predicted octanol–water partition coefficient (Wildman–Crippen LogP) is 2.63. The second-order valence-electron chi connectivity index (χ2n) is 6.19. The van der Waals surface area contributed by atoms with Gasteiger partial charge in [0.2, 0.25) is 5.91 Å². The van der Waals surface area contributed by atoms with Crippen molar-refractivity contribution in [3.63, 3.8) is 0 Å². The van der Waals surface area contributed by atoms with Gasteiger partial charge in [-0.05, 0) is 37.7 Å². The lowest BCUT2D eigenvalue weighted by atomic mass is 10.1. The van der Waals surface area contributed by atoms with E-state index in [0.717, 1.165) is 45.7 Å². The van der Waals surface area contributed by atoms with Crippen LogP contribution in [0.3, 0.4) is 0 Å². The molecule has 0 spiro atoms. The van der Waals surface area contributed by atoms with Crippen LogP contribution in [-0.2, 0) is 11.2 Å². The number of likely N-dealkylation sites (N-methyl/N-ethyl adjacent to an activating group) is 2. The van der Waals surface area contributed by atoms with Crippen molar-refractivity contribution >= 4 is 29.1 Å². The first-order valence-corrected chi connectivity index (χ1v) is 8.80. The molecule has 1 saturated heterocycles. The molecule has 0 saturated carbocycles. The Balaban J connectivity index is 1.75. The Morgan fingerprint density at radius 3 is 2.39 bits per heavy atom. The van der Waals surface area contributed by atoms with Crippen LogP contribution in [0, 0.1) is 0 Å². The van der Waals surface area contributed by atoms with E-state index in [1.165, 1.54) is 0 Å². The highest BCUT2D eigenvalue weighted by atomic mass is 35.5. The lowest BCUT2D eigenvalue weighted by Gasteiger charge is -2.32. The van der Waals surface area contributed by atoms with Gasteiger partial charge >= 0.3 is 0 Å². The van der Waals surface area contributed by atoms with Gasteiger partial charge in [0.05, 0.1) is 6.42 Å². The van der Waals surface area contributed by atoms with Crippen molar-refractivity contribution in [1.29, 1.82) is 0 Å². The first kappa shape index (κ1) is 18.5. The predicted molar refractivity (Wildman–Crippen MR) is 96.4 cm³/mol. The third kappa shape index (κ3) is 5.64. The van der Waals surface area contributed by atoms with Crippen LogP contribution < -0.4 is 0 Å². The zero-order chi connectivity index (χ0) is 16.8. The van der Waals surface area contributed by atoms with Crippen LogP contribution in [0.5, 0.6) is 0 Å². The van der Waals surface area contributed by atoms with Gasteiger partial charge in [0.25, 0.3) is 0 Å². The van der Waals surface area contributed by atoms with E-state index in [1.54, 1.807) is 23.1 Å². The van der Waals surface area contributed by atoms with Crippen molar-refractivity contribution in [2.45, 2.75) is 12.8 Å². The molecule has 0 unspecified atom stereocenters. The fourth-order valence-electron chi connectivity index (χ4n) is 2.72. The number of amides is 1. The molecular formula is C17H25Cl2N3O. The Hall–Kier alpha value is -0.810. The zero-order valence-electron chi connectivity index (χ0n) is 13.9. The normalized spacial score (nSPS) is 16.5. The molecule has 1 heterocycles. The van der Waals surface area contributed by atoms with Crippen LogP contribution in [-0.4, -0.2) is 74.0 Å². The zero-order valence-corrected chi connectivity index (χ0v) is 15.4. The number of rotatable bonds is 6.